The summed E-state index contributed by atoms with van der Waals surface area (Å²) in [7, 11) is 0. The predicted molar refractivity (Wildman–Crippen MR) is 85.3 cm³/mol. The molecular formula is C17H18N2O4. The first kappa shape index (κ1) is 15.1. The number of pyridine rings is 1. The van der Waals surface area contributed by atoms with Crippen molar-refractivity contribution in [1.82, 2.24) is 10.3 Å². The Labute approximate surface area is 133 Å². The summed E-state index contributed by atoms with van der Waals surface area (Å²) in [6.45, 7) is 3.31. The zero-order valence-electron chi connectivity index (χ0n) is 12.8. The number of hydrogen-bond acceptors (Lipinski definition) is 4. The summed E-state index contributed by atoms with van der Waals surface area (Å²) in [4.78, 5) is 26.4. The van der Waals surface area contributed by atoms with E-state index in [1.807, 2.05) is 18.2 Å². The molecule has 1 aliphatic rings. The van der Waals surface area contributed by atoms with Gasteiger partial charge in [0.1, 0.15) is 18.8 Å². The summed E-state index contributed by atoms with van der Waals surface area (Å²) in [5, 5.41) is 2.76. The van der Waals surface area contributed by atoms with E-state index in [1.54, 1.807) is 13.0 Å². The smallest absolute Gasteiger partial charge is 0.260 e. The maximum atomic E-state index is 12.0. The molecule has 0 atom stereocenters. The number of fused-ring (bicyclic) bond motifs is 1. The summed E-state index contributed by atoms with van der Waals surface area (Å²) >= 11 is 0. The van der Waals surface area contributed by atoms with E-state index in [-0.39, 0.29) is 17.0 Å². The SMILES string of the molecule is Cc1ccc(C(=O)NCCc2ccc3c(c2)OCCO3)c(=O)[nH]1. The molecule has 0 aliphatic carbocycles. The normalized spacial score (nSPS) is 12.7. The van der Waals surface area contributed by atoms with Crippen molar-refractivity contribution in [3.05, 3.63) is 57.5 Å². The number of nitrogens with one attached hydrogen (secondary N) is 2. The van der Waals surface area contributed by atoms with E-state index in [1.165, 1.54) is 6.07 Å². The van der Waals surface area contributed by atoms with Crippen LogP contribution in [0, 0.1) is 6.92 Å². The summed E-state index contributed by atoms with van der Waals surface area (Å²) in [5.41, 5.74) is 1.51. The molecule has 0 fully saturated rings. The van der Waals surface area contributed by atoms with Crippen LogP contribution >= 0.6 is 0 Å². The highest BCUT2D eigenvalue weighted by Crippen LogP contribution is 2.30. The van der Waals surface area contributed by atoms with Crippen LogP contribution in [0.3, 0.4) is 0 Å². The number of aromatic nitrogens is 1. The van der Waals surface area contributed by atoms with Gasteiger partial charge in [0.2, 0.25) is 0 Å². The summed E-state index contributed by atoms with van der Waals surface area (Å²) in [6, 6.07) is 8.97. The minimum absolute atomic E-state index is 0.123. The van der Waals surface area contributed by atoms with Crippen molar-refractivity contribution in [1.29, 1.82) is 0 Å². The largest absolute Gasteiger partial charge is 0.486 e. The average Bonchev–Trinajstić information content (AvgIpc) is 2.54. The van der Waals surface area contributed by atoms with Gasteiger partial charge in [-0.15, -0.1) is 0 Å². The molecule has 1 aliphatic heterocycles. The molecule has 1 amide bonds. The van der Waals surface area contributed by atoms with Crippen molar-refractivity contribution in [3.8, 4) is 11.5 Å². The quantitative estimate of drug-likeness (QED) is 0.894. The minimum Gasteiger partial charge on any atom is -0.486 e. The average molecular weight is 314 g/mol. The lowest BCUT2D eigenvalue weighted by atomic mass is 10.1. The number of rotatable bonds is 4. The van der Waals surface area contributed by atoms with Crippen LogP contribution in [0.15, 0.2) is 35.1 Å². The zero-order chi connectivity index (χ0) is 16.2. The van der Waals surface area contributed by atoms with Gasteiger partial charge in [0.05, 0.1) is 0 Å². The molecule has 0 bridgehead atoms. The minimum atomic E-state index is -0.373. The zero-order valence-corrected chi connectivity index (χ0v) is 12.8. The van der Waals surface area contributed by atoms with Gasteiger partial charge >= 0.3 is 0 Å². The van der Waals surface area contributed by atoms with Crippen LogP contribution in [0.4, 0.5) is 0 Å². The van der Waals surface area contributed by atoms with Crippen LogP contribution in [-0.4, -0.2) is 30.6 Å². The second-order valence-electron chi connectivity index (χ2n) is 5.37. The fourth-order valence-electron chi connectivity index (χ4n) is 2.41. The highest BCUT2D eigenvalue weighted by molar-refractivity contribution is 5.93. The molecular weight excluding hydrogens is 296 g/mol. The number of amides is 1. The molecule has 120 valence electrons. The molecule has 6 heteroatoms. The van der Waals surface area contributed by atoms with Crippen molar-refractivity contribution in [2.45, 2.75) is 13.3 Å². The number of H-pyrrole nitrogens is 1. The van der Waals surface area contributed by atoms with Crippen LogP contribution in [0.25, 0.3) is 0 Å². The Morgan fingerprint density at radius 3 is 2.74 bits per heavy atom. The molecule has 0 saturated heterocycles. The number of hydrogen-bond donors (Lipinski definition) is 2. The van der Waals surface area contributed by atoms with Crippen LogP contribution in [0.1, 0.15) is 21.6 Å². The summed E-state index contributed by atoms with van der Waals surface area (Å²) < 4.78 is 11.0. The predicted octanol–water partition coefficient (Wildman–Crippen LogP) is 1.43. The lowest BCUT2D eigenvalue weighted by Gasteiger charge is -2.18. The highest BCUT2D eigenvalue weighted by Gasteiger charge is 2.12. The standard InChI is InChI=1S/C17H18N2O4/c1-11-2-4-13(17(21)19-11)16(20)18-7-6-12-3-5-14-15(10-12)23-9-8-22-14/h2-5,10H,6-9H2,1H3,(H,18,20)(H,19,21). The van der Waals surface area contributed by atoms with E-state index in [0.29, 0.717) is 26.2 Å². The number of aromatic amines is 1. The van der Waals surface area contributed by atoms with Gasteiger partial charge < -0.3 is 19.8 Å². The van der Waals surface area contributed by atoms with E-state index in [2.05, 4.69) is 10.3 Å². The van der Waals surface area contributed by atoms with Crippen LogP contribution < -0.4 is 20.3 Å². The fourth-order valence-corrected chi connectivity index (χ4v) is 2.41. The monoisotopic (exact) mass is 314 g/mol. The van der Waals surface area contributed by atoms with Crippen molar-refractivity contribution in [2.75, 3.05) is 19.8 Å². The Morgan fingerprint density at radius 2 is 1.96 bits per heavy atom. The molecule has 2 N–H and O–H groups in total. The van der Waals surface area contributed by atoms with Crippen molar-refractivity contribution >= 4 is 5.91 Å². The first-order valence-electron chi connectivity index (χ1n) is 7.50. The van der Waals surface area contributed by atoms with Gasteiger partial charge in [0.25, 0.3) is 11.5 Å². The fraction of sp³-hybridized carbons (Fsp3) is 0.294. The molecule has 2 heterocycles. The number of carbonyl (C=O) groups excluding carboxylic acids is 1. The molecule has 3 rings (SSSR count). The molecule has 1 aromatic carbocycles. The van der Waals surface area contributed by atoms with Crippen LogP contribution in [0.2, 0.25) is 0 Å². The van der Waals surface area contributed by atoms with Gasteiger partial charge in [-0.1, -0.05) is 6.07 Å². The number of aryl methyl sites for hydroxylation is 1. The molecule has 0 unspecified atom stereocenters. The third kappa shape index (κ3) is 3.53. The van der Waals surface area contributed by atoms with Crippen molar-refractivity contribution in [3.63, 3.8) is 0 Å². The third-order valence-corrected chi connectivity index (χ3v) is 3.61. The Kier molecular flexibility index (Phi) is 4.32. The van der Waals surface area contributed by atoms with Gasteiger partial charge in [0.15, 0.2) is 11.5 Å². The van der Waals surface area contributed by atoms with E-state index in [0.717, 1.165) is 22.8 Å². The Bertz CT molecular complexity index is 782. The van der Waals surface area contributed by atoms with Gasteiger partial charge in [-0.3, -0.25) is 9.59 Å². The lowest BCUT2D eigenvalue weighted by molar-refractivity contribution is 0.0952. The lowest BCUT2D eigenvalue weighted by Crippen LogP contribution is -2.31. The van der Waals surface area contributed by atoms with Crippen molar-refractivity contribution < 1.29 is 14.3 Å². The molecule has 1 aromatic heterocycles. The molecule has 2 aromatic rings. The third-order valence-electron chi connectivity index (χ3n) is 3.61. The molecule has 6 nitrogen and oxygen atoms in total. The van der Waals surface area contributed by atoms with E-state index >= 15 is 0 Å². The Morgan fingerprint density at radius 1 is 1.17 bits per heavy atom. The molecule has 0 radical (unpaired) electrons. The molecule has 23 heavy (non-hydrogen) atoms. The van der Waals surface area contributed by atoms with Crippen molar-refractivity contribution in [2.24, 2.45) is 0 Å². The highest BCUT2D eigenvalue weighted by atomic mass is 16.6. The van der Waals surface area contributed by atoms with E-state index in [4.69, 9.17) is 9.47 Å². The van der Waals surface area contributed by atoms with E-state index in [9.17, 15) is 9.59 Å². The van der Waals surface area contributed by atoms with Gasteiger partial charge in [0, 0.05) is 12.2 Å². The van der Waals surface area contributed by atoms with Crippen LogP contribution in [-0.2, 0) is 6.42 Å². The van der Waals surface area contributed by atoms with Crippen LogP contribution in [0.5, 0.6) is 11.5 Å². The number of ether oxygens (including phenoxy) is 2. The summed E-state index contributed by atoms with van der Waals surface area (Å²) in [5.74, 6) is 1.11. The second kappa shape index (κ2) is 6.56. The maximum absolute atomic E-state index is 12.0. The topological polar surface area (TPSA) is 80.4 Å². The first-order chi connectivity index (χ1) is 11.1. The second-order valence-corrected chi connectivity index (χ2v) is 5.37. The van der Waals surface area contributed by atoms with Gasteiger partial charge in [-0.25, -0.2) is 0 Å². The Balaban J connectivity index is 1.59. The maximum Gasteiger partial charge on any atom is 0.260 e. The Hall–Kier alpha value is -2.76. The number of benzene rings is 1. The van der Waals surface area contributed by atoms with Gasteiger partial charge in [-0.05, 0) is 43.2 Å². The molecule has 0 spiro atoms. The van der Waals surface area contributed by atoms with Gasteiger partial charge in [-0.2, -0.15) is 0 Å². The van der Waals surface area contributed by atoms with E-state index < -0.39 is 0 Å². The molecule has 0 saturated carbocycles. The number of carbonyl (C=O) groups is 1. The summed E-state index contributed by atoms with van der Waals surface area (Å²) in [6.07, 6.45) is 0.645. The first-order valence-corrected chi connectivity index (χ1v) is 7.50.